The molecule has 6 heteroatoms. The molecule has 3 rings (SSSR count). The lowest BCUT2D eigenvalue weighted by Gasteiger charge is -2.21. The molecule has 6 nitrogen and oxygen atoms in total. The Bertz CT molecular complexity index is 563. The third-order valence-corrected chi connectivity index (χ3v) is 4.48. The van der Waals surface area contributed by atoms with Gasteiger partial charge in [-0.2, -0.15) is 4.98 Å². The minimum Gasteiger partial charge on any atom is -0.339 e. The van der Waals surface area contributed by atoms with E-state index in [4.69, 9.17) is 10.3 Å². The highest BCUT2D eigenvalue weighted by Crippen LogP contribution is 2.33. The molecule has 0 radical (unpaired) electrons. The zero-order valence-corrected chi connectivity index (χ0v) is 12.8. The molecule has 2 aromatic heterocycles. The van der Waals surface area contributed by atoms with Gasteiger partial charge in [0, 0.05) is 25.1 Å². The average molecular weight is 301 g/mol. The maximum absolute atomic E-state index is 6.00. The average Bonchev–Trinajstić information content (AvgIpc) is 2.83. The van der Waals surface area contributed by atoms with E-state index in [0.717, 1.165) is 5.69 Å². The third-order valence-electron chi connectivity index (χ3n) is 4.48. The number of aromatic nitrogens is 4. The predicted octanol–water partition coefficient (Wildman–Crippen LogP) is 2.46. The molecule has 1 fully saturated rings. The van der Waals surface area contributed by atoms with Crippen LogP contribution in [0.5, 0.6) is 0 Å². The lowest BCUT2D eigenvalue weighted by atomic mass is 9.86. The van der Waals surface area contributed by atoms with Crippen molar-refractivity contribution in [2.24, 2.45) is 11.7 Å². The van der Waals surface area contributed by atoms with Crippen LogP contribution in [0, 0.1) is 5.92 Å². The summed E-state index contributed by atoms with van der Waals surface area (Å²) in [6.07, 6.45) is 13.2. The third kappa shape index (κ3) is 3.68. The van der Waals surface area contributed by atoms with Gasteiger partial charge in [-0.05, 0) is 18.8 Å². The first-order valence-corrected chi connectivity index (χ1v) is 8.14. The normalized spacial score (nSPS) is 18.0. The lowest BCUT2D eigenvalue weighted by molar-refractivity contribution is 0.287. The molecule has 0 aliphatic heterocycles. The molecule has 0 aromatic carbocycles. The Kier molecular flexibility index (Phi) is 5.11. The Morgan fingerprint density at radius 1 is 1.18 bits per heavy atom. The summed E-state index contributed by atoms with van der Waals surface area (Å²) in [4.78, 5) is 12.9. The molecule has 0 saturated heterocycles. The van der Waals surface area contributed by atoms with Crippen LogP contribution in [0.3, 0.4) is 0 Å². The highest BCUT2D eigenvalue weighted by molar-refractivity contribution is 5.06. The summed E-state index contributed by atoms with van der Waals surface area (Å²) in [5.74, 6) is 2.09. The number of rotatable bonds is 5. The van der Waals surface area contributed by atoms with Gasteiger partial charge in [0.15, 0.2) is 5.82 Å². The molecular formula is C16H23N5O. The molecule has 1 aliphatic carbocycles. The summed E-state index contributed by atoms with van der Waals surface area (Å²) in [5.41, 5.74) is 6.84. The summed E-state index contributed by atoms with van der Waals surface area (Å²) in [6, 6.07) is 0. The first kappa shape index (κ1) is 15.1. The molecule has 2 aromatic rings. The monoisotopic (exact) mass is 301 g/mol. The Labute approximate surface area is 130 Å². The van der Waals surface area contributed by atoms with Crippen LogP contribution in [0.4, 0.5) is 0 Å². The number of hydrogen-bond donors (Lipinski definition) is 1. The highest BCUT2D eigenvalue weighted by Gasteiger charge is 2.27. The minimum absolute atomic E-state index is 0.182. The van der Waals surface area contributed by atoms with Gasteiger partial charge in [0.25, 0.3) is 0 Å². The summed E-state index contributed by atoms with van der Waals surface area (Å²) in [6.45, 7) is 0.567. The van der Waals surface area contributed by atoms with E-state index in [2.05, 4.69) is 20.1 Å². The second-order valence-corrected chi connectivity index (χ2v) is 6.02. The van der Waals surface area contributed by atoms with Crippen molar-refractivity contribution in [3.63, 3.8) is 0 Å². The van der Waals surface area contributed by atoms with Crippen LogP contribution in [-0.2, 0) is 6.42 Å². The van der Waals surface area contributed by atoms with Crippen LogP contribution >= 0.6 is 0 Å². The molecule has 0 spiro atoms. The zero-order valence-electron chi connectivity index (χ0n) is 12.8. The SMILES string of the molecule is NCC(c1nc(Cc2cnccn2)no1)C1CCCCCC1. The van der Waals surface area contributed by atoms with E-state index in [1.165, 1.54) is 38.5 Å². The Balaban J connectivity index is 1.70. The van der Waals surface area contributed by atoms with Gasteiger partial charge in [-0.25, -0.2) is 0 Å². The van der Waals surface area contributed by atoms with E-state index in [1.807, 2.05) is 0 Å². The van der Waals surface area contributed by atoms with Crippen molar-refractivity contribution in [2.75, 3.05) is 6.54 Å². The quantitative estimate of drug-likeness (QED) is 0.853. The van der Waals surface area contributed by atoms with Gasteiger partial charge in [0.2, 0.25) is 5.89 Å². The second-order valence-electron chi connectivity index (χ2n) is 6.02. The Hall–Kier alpha value is -1.82. The van der Waals surface area contributed by atoms with Gasteiger partial charge in [-0.15, -0.1) is 0 Å². The van der Waals surface area contributed by atoms with Crippen LogP contribution in [0.2, 0.25) is 0 Å². The predicted molar refractivity (Wildman–Crippen MR) is 82.1 cm³/mol. The van der Waals surface area contributed by atoms with Gasteiger partial charge >= 0.3 is 0 Å². The van der Waals surface area contributed by atoms with Crippen molar-refractivity contribution in [2.45, 2.75) is 50.9 Å². The standard InChI is InChI=1S/C16H23N5O/c17-10-14(12-5-3-1-2-4-6-12)16-20-15(21-22-16)9-13-11-18-7-8-19-13/h7-8,11-12,14H,1-6,9-10,17H2. The van der Waals surface area contributed by atoms with Crippen molar-refractivity contribution in [3.8, 4) is 0 Å². The van der Waals surface area contributed by atoms with Crippen molar-refractivity contribution in [1.29, 1.82) is 0 Å². The molecule has 1 saturated carbocycles. The van der Waals surface area contributed by atoms with E-state index in [9.17, 15) is 0 Å². The van der Waals surface area contributed by atoms with Gasteiger partial charge in [-0.3, -0.25) is 9.97 Å². The molecule has 1 unspecified atom stereocenters. The molecule has 1 atom stereocenters. The van der Waals surface area contributed by atoms with Crippen LogP contribution in [0.1, 0.15) is 61.9 Å². The number of nitrogens with two attached hydrogens (primary N) is 1. The fourth-order valence-corrected chi connectivity index (χ4v) is 3.28. The van der Waals surface area contributed by atoms with Crippen LogP contribution in [0.25, 0.3) is 0 Å². The first-order valence-electron chi connectivity index (χ1n) is 8.14. The van der Waals surface area contributed by atoms with Gasteiger partial charge in [0.05, 0.1) is 18.0 Å². The number of nitrogens with zero attached hydrogens (tertiary/aromatic N) is 4. The first-order chi connectivity index (χ1) is 10.9. The van der Waals surface area contributed by atoms with E-state index >= 15 is 0 Å². The summed E-state index contributed by atoms with van der Waals surface area (Å²) < 4.78 is 5.49. The maximum atomic E-state index is 6.00. The highest BCUT2D eigenvalue weighted by atomic mass is 16.5. The van der Waals surface area contributed by atoms with E-state index in [-0.39, 0.29) is 5.92 Å². The fraction of sp³-hybridized carbons (Fsp3) is 0.625. The minimum atomic E-state index is 0.182. The summed E-state index contributed by atoms with van der Waals surface area (Å²) in [5, 5.41) is 4.09. The van der Waals surface area contributed by atoms with Crippen molar-refractivity contribution in [1.82, 2.24) is 20.1 Å². The topological polar surface area (TPSA) is 90.7 Å². The molecule has 1 aliphatic rings. The molecule has 2 N–H and O–H groups in total. The second kappa shape index (κ2) is 7.45. The van der Waals surface area contributed by atoms with Crippen molar-refractivity contribution < 1.29 is 4.52 Å². The van der Waals surface area contributed by atoms with Crippen LogP contribution < -0.4 is 5.73 Å². The van der Waals surface area contributed by atoms with Gasteiger partial charge < -0.3 is 10.3 Å². The van der Waals surface area contributed by atoms with Crippen LogP contribution in [-0.4, -0.2) is 26.7 Å². The van der Waals surface area contributed by atoms with E-state index < -0.39 is 0 Å². The smallest absolute Gasteiger partial charge is 0.231 e. The zero-order chi connectivity index (χ0) is 15.2. The fourth-order valence-electron chi connectivity index (χ4n) is 3.28. The molecule has 0 amide bonds. The van der Waals surface area contributed by atoms with E-state index in [0.29, 0.717) is 30.6 Å². The lowest BCUT2D eigenvalue weighted by Crippen LogP contribution is -2.21. The molecule has 2 heterocycles. The Morgan fingerprint density at radius 2 is 2.00 bits per heavy atom. The molecule has 22 heavy (non-hydrogen) atoms. The molecule has 0 bridgehead atoms. The van der Waals surface area contributed by atoms with Crippen molar-refractivity contribution >= 4 is 0 Å². The van der Waals surface area contributed by atoms with E-state index in [1.54, 1.807) is 18.6 Å². The van der Waals surface area contributed by atoms with Gasteiger partial charge in [-0.1, -0.05) is 30.8 Å². The molecular weight excluding hydrogens is 278 g/mol. The summed E-state index contributed by atoms with van der Waals surface area (Å²) in [7, 11) is 0. The molecule has 118 valence electrons. The van der Waals surface area contributed by atoms with Crippen molar-refractivity contribution in [3.05, 3.63) is 36.0 Å². The van der Waals surface area contributed by atoms with Gasteiger partial charge in [0.1, 0.15) is 0 Å². The number of hydrogen-bond acceptors (Lipinski definition) is 6. The Morgan fingerprint density at radius 3 is 2.68 bits per heavy atom. The summed E-state index contributed by atoms with van der Waals surface area (Å²) >= 11 is 0. The van der Waals surface area contributed by atoms with Crippen LogP contribution in [0.15, 0.2) is 23.1 Å². The maximum Gasteiger partial charge on any atom is 0.231 e. The largest absolute Gasteiger partial charge is 0.339 e.